The molecule has 5 nitrogen and oxygen atoms in total. The first-order valence-electron chi connectivity index (χ1n) is 7.39. The van der Waals surface area contributed by atoms with Gasteiger partial charge >= 0.3 is 0 Å². The van der Waals surface area contributed by atoms with Crippen molar-refractivity contribution in [2.45, 2.75) is 38.8 Å². The number of hydrazine groups is 1. The maximum atomic E-state index is 5.77. The molecule has 1 unspecified atom stereocenters. The Kier molecular flexibility index (Phi) is 5.78. The van der Waals surface area contributed by atoms with Crippen LogP contribution in [-0.2, 0) is 13.0 Å². The lowest BCUT2D eigenvalue weighted by molar-refractivity contribution is 0.385. The van der Waals surface area contributed by atoms with Crippen LogP contribution in [0.4, 0.5) is 0 Å². The van der Waals surface area contributed by atoms with Gasteiger partial charge in [-0.15, -0.1) is 0 Å². The molecule has 0 aliphatic rings. The van der Waals surface area contributed by atoms with E-state index in [0.29, 0.717) is 0 Å². The molecule has 0 aliphatic carbocycles. The zero-order valence-corrected chi connectivity index (χ0v) is 12.7. The van der Waals surface area contributed by atoms with Gasteiger partial charge in [-0.3, -0.25) is 16.0 Å². The largest absolute Gasteiger partial charge is 0.493 e. The van der Waals surface area contributed by atoms with Crippen molar-refractivity contribution in [1.29, 1.82) is 0 Å². The predicted molar refractivity (Wildman–Crippen MR) is 83.9 cm³/mol. The molecular weight excluding hydrogens is 264 g/mol. The minimum atomic E-state index is 0.0224. The van der Waals surface area contributed by atoms with Gasteiger partial charge in [0.05, 0.1) is 25.0 Å². The van der Waals surface area contributed by atoms with Crippen molar-refractivity contribution in [1.82, 2.24) is 15.2 Å². The van der Waals surface area contributed by atoms with E-state index in [-0.39, 0.29) is 6.04 Å². The van der Waals surface area contributed by atoms with E-state index in [4.69, 9.17) is 10.6 Å². The van der Waals surface area contributed by atoms with E-state index >= 15 is 0 Å². The summed E-state index contributed by atoms with van der Waals surface area (Å²) >= 11 is 0. The molecule has 3 N–H and O–H groups in total. The lowest BCUT2D eigenvalue weighted by Gasteiger charge is -2.19. The van der Waals surface area contributed by atoms with Gasteiger partial charge in [0, 0.05) is 6.54 Å². The Bertz CT molecular complexity index is 538. The van der Waals surface area contributed by atoms with E-state index in [2.05, 4.69) is 41.7 Å². The molecule has 1 aromatic heterocycles. The van der Waals surface area contributed by atoms with Crippen LogP contribution in [0.2, 0.25) is 0 Å². The second-order valence-electron chi connectivity index (χ2n) is 5.06. The number of nitrogens with one attached hydrogen (secondary N) is 1. The van der Waals surface area contributed by atoms with Crippen LogP contribution in [-0.4, -0.2) is 16.9 Å². The van der Waals surface area contributed by atoms with Crippen LogP contribution in [0.25, 0.3) is 0 Å². The number of nitrogens with two attached hydrogens (primary N) is 1. The molecular formula is C16H24N4O. The Morgan fingerprint density at radius 2 is 2.10 bits per heavy atom. The molecule has 5 heteroatoms. The molecule has 21 heavy (non-hydrogen) atoms. The number of nitrogens with zero attached hydrogens (tertiary/aromatic N) is 2. The predicted octanol–water partition coefficient (Wildman–Crippen LogP) is 2.44. The third-order valence-electron chi connectivity index (χ3n) is 3.60. The first-order valence-corrected chi connectivity index (χ1v) is 7.39. The summed E-state index contributed by atoms with van der Waals surface area (Å²) in [6.07, 6.45) is 4.63. The van der Waals surface area contributed by atoms with E-state index in [0.717, 1.165) is 37.3 Å². The van der Waals surface area contributed by atoms with E-state index in [1.807, 2.05) is 10.7 Å². The minimum absolute atomic E-state index is 0.0224. The second kappa shape index (κ2) is 7.81. The zero-order chi connectivity index (χ0) is 15.1. The third kappa shape index (κ3) is 3.83. The molecule has 1 heterocycles. The maximum Gasteiger partial charge on any atom is 0.161 e. The average molecular weight is 288 g/mol. The Hall–Kier alpha value is -1.85. The van der Waals surface area contributed by atoms with Crippen molar-refractivity contribution in [3.63, 3.8) is 0 Å². The Labute approximate surface area is 126 Å². The lowest BCUT2D eigenvalue weighted by atomic mass is 10.0. The van der Waals surface area contributed by atoms with E-state index in [1.54, 1.807) is 13.3 Å². The Morgan fingerprint density at radius 3 is 2.71 bits per heavy atom. The molecule has 2 aromatic rings. The SMILES string of the molecule is CCCn1ncc(OC)c1C(CCc1ccccc1)NN. The number of ether oxygens (including phenoxy) is 1. The number of rotatable bonds is 8. The van der Waals surface area contributed by atoms with Gasteiger partial charge in [0.15, 0.2) is 5.75 Å². The molecule has 0 saturated heterocycles. The van der Waals surface area contributed by atoms with E-state index in [1.165, 1.54) is 5.56 Å². The van der Waals surface area contributed by atoms with Crippen molar-refractivity contribution < 1.29 is 4.74 Å². The summed E-state index contributed by atoms with van der Waals surface area (Å²) in [5.41, 5.74) is 5.24. The van der Waals surface area contributed by atoms with Crippen molar-refractivity contribution in [2.24, 2.45) is 5.84 Å². The molecule has 0 amide bonds. The fraction of sp³-hybridized carbons (Fsp3) is 0.438. The number of hydrogen-bond donors (Lipinski definition) is 2. The molecule has 2 rings (SSSR count). The molecule has 1 aromatic carbocycles. The molecule has 0 bridgehead atoms. The fourth-order valence-corrected chi connectivity index (χ4v) is 2.53. The van der Waals surface area contributed by atoms with Gasteiger partial charge < -0.3 is 4.74 Å². The summed E-state index contributed by atoms with van der Waals surface area (Å²) in [6, 6.07) is 10.4. The van der Waals surface area contributed by atoms with Gasteiger partial charge in [-0.05, 0) is 24.8 Å². The van der Waals surface area contributed by atoms with Crippen LogP contribution in [0.1, 0.15) is 37.1 Å². The second-order valence-corrected chi connectivity index (χ2v) is 5.06. The van der Waals surface area contributed by atoms with Crippen molar-refractivity contribution in [3.05, 3.63) is 47.8 Å². The van der Waals surface area contributed by atoms with Crippen LogP contribution >= 0.6 is 0 Å². The molecule has 0 aliphatic heterocycles. The van der Waals surface area contributed by atoms with Gasteiger partial charge in [-0.2, -0.15) is 5.10 Å². The van der Waals surface area contributed by atoms with Crippen molar-refractivity contribution >= 4 is 0 Å². The molecule has 0 spiro atoms. The maximum absolute atomic E-state index is 5.77. The van der Waals surface area contributed by atoms with Crippen LogP contribution in [0, 0.1) is 0 Å². The number of hydrogen-bond acceptors (Lipinski definition) is 4. The summed E-state index contributed by atoms with van der Waals surface area (Å²) in [7, 11) is 1.67. The monoisotopic (exact) mass is 288 g/mol. The minimum Gasteiger partial charge on any atom is -0.493 e. The highest BCUT2D eigenvalue weighted by Gasteiger charge is 2.20. The number of aromatic nitrogens is 2. The van der Waals surface area contributed by atoms with Crippen molar-refractivity contribution in [3.8, 4) is 5.75 Å². The normalized spacial score (nSPS) is 12.3. The number of benzene rings is 1. The Balaban J connectivity index is 2.14. The summed E-state index contributed by atoms with van der Waals surface area (Å²) in [5.74, 6) is 6.56. The van der Waals surface area contributed by atoms with Crippen LogP contribution in [0.3, 0.4) is 0 Å². The highest BCUT2D eigenvalue weighted by Crippen LogP contribution is 2.28. The van der Waals surface area contributed by atoms with Crippen LogP contribution in [0.5, 0.6) is 5.75 Å². The third-order valence-corrected chi connectivity index (χ3v) is 3.60. The highest BCUT2D eigenvalue weighted by atomic mass is 16.5. The highest BCUT2D eigenvalue weighted by molar-refractivity contribution is 5.28. The van der Waals surface area contributed by atoms with Gasteiger partial charge in [-0.25, -0.2) is 0 Å². The smallest absolute Gasteiger partial charge is 0.161 e. The van der Waals surface area contributed by atoms with Crippen LogP contribution < -0.4 is 16.0 Å². The van der Waals surface area contributed by atoms with Gasteiger partial charge in [0.1, 0.15) is 0 Å². The van der Waals surface area contributed by atoms with Gasteiger partial charge in [0.2, 0.25) is 0 Å². The first kappa shape index (κ1) is 15.5. The first-order chi connectivity index (χ1) is 10.3. The molecule has 1 atom stereocenters. The van der Waals surface area contributed by atoms with E-state index < -0.39 is 0 Å². The molecule has 0 radical (unpaired) electrons. The summed E-state index contributed by atoms with van der Waals surface area (Å²) in [4.78, 5) is 0. The molecule has 0 fully saturated rings. The Morgan fingerprint density at radius 1 is 1.33 bits per heavy atom. The topological polar surface area (TPSA) is 65.1 Å². The summed E-state index contributed by atoms with van der Waals surface area (Å²) in [5, 5.41) is 4.40. The zero-order valence-electron chi connectivity index (χ0n) is 12.7. The summed E-state index contributed by atoms with van der Waals surface area (Å²) in [6.45, 7) is 3.00. The van der Waals surface area contributed by atoms with E-state index in [9.17, 15) is 0 Å². The number of aryl methyl sites for hydroxylation is 2. The molecule has 0 saturated carbocycles. The van der Waals surface area contributed by atoms with Crippen LogP contribution in [0.15, 0.2) is 36.5 Å². The molecule has 114 valence electrons. The van der Waals surface area contributed by atoms with Gasteiger partial charge in [0.25, 0.3) is 0 Å². The quantitative estimate of drug-likeness (QED) is 0.578. The van der Waals surface area contributed by atoms with Crippen molar-refractivity contribution in [2.75, 3.05) is 7.11 Å². The average Bonchev–Trinajstić information content (AvgIpc) is 2.92. The standard InChI is InChI=1S/C16H24N4O/c1-3-11-20-16(15(21-2)12-18-20)14(19-17)10-9-13-7-5-4-6-8-13/h4-8,12,14,19H,3,9-11,17H2,1-2H3. The summed E-state index contributed by atoms with van der Waals surface area (Å²) < 4.78 is 7.41. The van der Waals surface area contributed by atoms with Gasteiger partial charge in [-0.1, -0.05) is 37.3 Å². The number of methoxy groups -OCH3 is 1. The lowest BCUT2D eigenvalue weighted by Crippen LogP contribution is -2.30. The fourth-order valence-electron chi connectivity index (χ4n) is 2.53.